The molecule has 152 valence electrons. The predicted molar refractivity (Wildman–Crippen MR) is 107 cm³/mol. The van der Waals surface area contributed by atoms with E-state index >= 15 is 0 Å². The third-order valence-electron chi connectivity index (χ3n) is 6.44. The maximum atomic E-state index is 13.4. The number of rotatable bonds is 4. The number of morpholine rings is 1. The molecule has 0 radical (unpaired) electrons. The summed E-state index contributed by atoms with van der Waals surface area (Å²) < 4.78 is 5.43. The second-order valence-corrected chi connectivity index (χ2v) is 8.12. The van der Waals surface area contributed by atoms with Crippen LogP contribution in [0.25, 0.3) is 0 Å². The van der Waals surface area contributed by atoms with Gasteiger partial charge in [-0.1, -0.05) is 31.0 Å². The Morgan fingerprint density at radius 1 is 0.857 bits per heavy atom. The highest BCUT2D eigenvalue weighted by Gasteiger charge is 2.39. The van der Waals surface area contributed by atoms with Crippen LogP contribution in [0.3, 0.4) is 0 Å². The van der Waals surface area contributed by atoms with E-state index in [9.17, 15) is 9.59 Å². The van der Waals surface area contributed by atoms with Crippen molar-refractivity contribution in [3.8, 4) is 0 Å². The molecule has 1 aromatic carbocycles. The van der Waals surface area contributed by atoms with Crippen molar-refractivity contribution in [2.75, 3.05) is 52.5 Å². The number of amides is 2. The number of carbonyl (C=O) groups excluding carboxylic acids is 2. The van der Waals surface area contributed by atoms with Crippen LogP contribution < -0.4 is 0 Å². The Kier molecular flexibility index (Phi) is 6.27. The Morgan fingerprint density at radius 3 is 2.14 bits per heavy atom. The van der Waals surface area contributed by atoms with Crippen LogP contribution >= 0.6 is 0 Å². The van der Waals surface area contributed by atoms with Crippen molar-refractivity contribution in [1.82, 2.24) is 14.7 Å². The van der Waals surface area contributed by atoms with Crippen LogP contribution in [0.4, 0.5) is 0 Å². The minimum atomic E-state index is -0.0328. The number of ether oxygens (including phenoxy) is 1. The van der Waals surface area contributed by atoms with Crippen LogP contribution in [0.2, 0.25) is 0 Å². The van der Waals surface area contributed by atoms with Crippen molar-refractivity contribution in [3.63, 3.8) is 0 Å². The lowest BCUT2D eigenvalue weighted by molar-refractivity contribution is -0.144. The van der Waals surface area contributed by atoms with E-state index in [0.717, 1.165) is 31.5 Å². The Labute approximate surface area is 167 Å². The monoisotopic (exact) mass is 385 g/mol. The maximum absolute atomic E-state index is 13.4. The minimum Gasteiger partial charge on any atom is -0.378 e. The molecule has 28 heavy (non-hydrogen) atoms. The predicted octanol–water partition coefficient (Wildman–Crippen LogP) is 1.86. The molecule has 1 saturated carbocycles. The molecule has 2 heterocycles. The minimum absolute atomic E-state index is 0.0328. The van der Waals surface area contributed by atoms with Gasteiger partial charge in [0.15, 0.2) is 0 Å². The quantitative estimate of drug-likeness (QED) is 0.794. The molecule has 1 aliphatic carbocycles. The number of hydrogen-bond donors (Lipinski definition) is 0. The van der Waals surface area contributed by atoms with Gasteiger partial charge in [0.05, 0.1) is 19.3 Å². The van der Waals surface area contributed by atoms with Crippen molar-refractivity contribution in [2.45, 2.75) is 31.7 Å². The van der Waals surface area contributed by atoms with E-state index in [1.807, 2.05) is 40.1 Å². The second-order valence-electron chi connectivity index (χ2n) is 8.12. The summed E-state index contributed by atoms with van der Waals surface area (Å²) in [6.45, 7) is 5.61. The van der Waals surface area contributed by atoms with Crippen molar-refractivity contribution in [3.05, 3.63) is 35.9 Å². The van der Waals surface area contributed by atoms with Crippen LogP contribution in [0.15, 0.2) is 30.3 Å². The van der Waals surface area contributed by atoms with E-state index in [1.165, 1.54) is 12.8 Å². The normalized spacial score (nSPS) is 23.0. The lowest BCUT2D eigenvalue weighted by Crippen LogP contribution is -2.59. The number of hydrogen-bond acceptors (Lipinski definition) is 4. The number of carbonyl (C=O) groups is 2. The zero-order chi connectivity index (χ0) is 19.3. The van der Waals surface area contributed by atoms with Crippen molar-refractivity contribution in [2.24, 2.45) is 5.92 Å². The van der Waals surface area contributed by atoms with E-state index in [0.29, 0.717) is 45.3 Å². The molecule has 1 unspecified atom stereocenters. The molecule has 0 aromatic heterocycles. The van der Waals surface area contributed by atoms with Gasteiger partial charge in [-0.2, -0.15) is 0 Å². The summed E-state index contributed by atoms with van der Waals surface area (Å²) in [5.41, 5.74) is 0.743. The number of benzene rings is 1. The summed E-state index contributed by atoms with van der Waals surface area (Å²) in [5, 5.41) is 0. The van der Waals surface area contributed by atoms with Gasteiger partial charge in [0.2, 0.25) is 5.91 Å². The first-order valence-corrected chi connectivity index (χ1v) is 10.7. The molecule has 2 amide bonds. The van der Waals surface area contributed by atoms with Gasteiger partial charge in [-0.25, -0.2) is 0 Å². The summed E-state index contributed by atoms with van der Waals surface area (Å²) >= 11 is 0. The lowest BCUT2D eigenvalue weighted by Gasteiger charge is -2.43. The van der Waals surface area contributed by atoms with Gasteiger partial charge in [-0.05, 0) is 30.9 Å². The first-order chi connectivity index (χ1) is 13.7. The molecule has 0 N–H and O–H groups in total. The Hall–Kier alpha value is -1.92. The summed E-state index contributed by atoms with van der Waals surface area (Å²) in [7, 11) is 0. The van der Waals surface area contributed by atoms with Crippen LogP contribution in [-0.2, 0) is 9.53 Å². The van der Waals surface area contributed by atoms with Gasteiger partial charge in [0, 0.05) is 44.8 Å². The topological polar surface area (TPSA) is 53.1 Å². The second kappa shape index (κ2) is 9.05. The largest absolute Gasteiger partial charge is 0.378 e. The Bertz CT molecular complexity index is 661. The van der Waals surface area contributed by atoms with Crippen LogP contribution in [0, 0.1) is 5.92 Å². The molecule has 6 nitrogen and oxygen atoms in total. The average molecular weight is 386 g/mol. The molecule has 3 aliphatic rings. The molecule has 3 fully saturated rings. The van der Waals surface area contributed by atoms with Gasteiger partial charge in [0.1, 0.15) is 0 Å². The van der Waals surface area contributed by atoms with E-state index in [-0.39, 0.29) is 17.9 Å². The molecular formula is C22H31N3O3. The smallest absolute Gasteiger partial charge is 0.253 e. The van der Waals surface area contributed by atoms with Gasteiger partial charge < -0.3 is 14.5 Å². The van der Waals surface area contributed by atoms with E-state index in [1.54, 1.807) is 0 Å². The summed E-state index contributed by atoms with van der Waals surface area (Å²) in [4.78, 5) is 32.4. The van der Waals surface area contributed by atoms with Gasteiger partial charge in [0.25, 0.3) is 5.91 Å². The third kappa shape index (κ3) is 4.23. The SMILES string of the molecule is O=C(c1ccccc1)N1CCN(C(C(=O)N2CCOCC2)C2CCCC2)CC1. The summed E-state index contributed by atoms with van der Waals surface area (Å²) in [6, 6.07) is 9.45. The molecule has 0 spiro atoms. The molecule has 6 heteroatoms. The van der Waals surface area contributed by atoms with E-state index in [2.05, 4.69) is 4.90 Å². The van der Waals surface area contributed by atoms with Gasteiger partial charge >= 0.3 is 0 Å². The van der Waals surface area contributed by atoms with Crippen molar-refractivity contribution < 1.29 is 14.3 Å². The lowest BCUT2D eigenvalue weighted by atomic mass is 9.94. The van der Waals surface area contributed by atoms with Gasteiger partial charge in [-0.15, -0.1) is 0 Å². The van der Waals surface area contributed by atoms with Crippen LogP contribution in [-0.4, -0.2) is 85.0 Å². The van der Waals surface area contributed by atoms with Gasteiger partial charge in [-0.3, -0.25) is 14.5 Å². The molecule has 4 rings (SSSR count). The zero-order valence-electron chi connectivity index (χ0n) is 16.6. The Balaban J connectivity index is 1.42. The highest BCUT2D eigenvalue weighted by molar-refractivity contribution is 5.94. The van der Waals surface area contributed by atoms with Crippen LogP contribution in [0.1, 0.15) is 36.0 Å². The molecule has 1 aromatic rings. The molecular weight excluding hydrogens is 354 g/mol. The molecule has 0 bridgehead atoms. The standard InChI is InChI=1S/C22H31N3O3/c26-21(19-8-2-1-3-9-19)24-12-10-23(11-13-24)20(18-6-4-5-7-18)22(27)25-14-16-28-17-15-25/h1-3,8-9,18,20H,4-7,10-17H2. The van der Waals surface area contributed by atoms with Crippen molar-refractivity contribution >= 4 is 11.8 Å². The van der Waals surface area contributed by atoms with E-state index < -0.39 is 0 Å². The summed E-state index contributed by atoms with van der Waals surface area (Å²) in [5.74, 6) is 0.821. The highest BCUT2D eigenvalue weighted by Crippen LogP contribution is 2.32. The first-order valence-electron chi connectivity index (χ1n) is 10.7. The zero-order valence-corrected chi connectivity index (χ0v) is 16.6. The maximum Gasteiger partial charge on any atom is 0.253 e. The number of nitrogens with zero attached hydrogens (tertiary/aromatic N) is 3. The van der Waals surface area contributed by atoms with Crippen LogP contribution in [0.5, 0.6) is 0 Å². The fourth-order valence-corrected chi connectivity index (χ4v) is 4.87. The molecule has 1 atom stereocenters. The first kappa shape index (κ1) is 19.4. The fourth-order valence-electron chi connectivity index (χ4n) is 4.87. The fraction of sp³-hybridized carbons (Fsp3) is 0.636. The third-order valence-corrected chi connectivity index (χ3v) is 6.44. The Morgan fingerprint density at radius 2 is 1.50 bits per heavy atom. The molecule has 2 aliphatic heterocycles. The average Bonchev–Trinajstić information content (AvgIpc) is 3.29. The van der Waals surface area contributed by atoms with E-state index in [4.69, 9.17) is 4.74 Å². The molecule has 2 saturated heterocycles. The van der Waals surface area contributed by atoms with Crippen molar-refractivity contribution in [1.29, 1.82) is 0 Å². The summed E-state index contributed by atoms with van der Waals surface area (Å²) in [6.07, 6.45) is 4.74. The number of piperazine rings is 1. The highest BCUT2D eigenvalue weighted by atomic mass is 16.5.